The van der Waals surface area contributed by atoms with Crippen molar-refractivity contribution in [2.45, 2.75) is 40.7 Å². The minimum absolute atomic E-state index is 0.591. The molecule has 2 aromatic carbocycles. The van der Waals surface area contributed by atoms with E-state index in [0.29, 0.717) is 30.5 Å². The van der Waals surface area contributed by atoms with Gasteiger partial charge in [0.25, 0.3) is 0 Å². The molecule has 0 saturated carbocycles. The Morgan fingerprint density at radius 2 is 1.71 bits per heavy atom. The van der Waals surface area contributed by atoms with E-state index in [-0.39, 0.29) is 0 Å². The molecule has 2 aromatic rings. The van der Waals surface area contributed by atoms with Crippen LogP contribution in [-0.4, -0.2) is 13.2 Å². The maximum Gasteiger partial charge on any atom is 0.162 e. The Morgan fingerprint density at radius 3 is 2.38 bits per heavy atom. The summed E-state index contributed by atoms with van der Waals surface area (Å²) in [5.41, 5.74) is 4.62. The van der Waals surface area contributed by atoms with Crippen LogP contribution in [0.25, 0.3) is 0 Å². The summed E-state index contributed by atoms with van der Waals surface area (Å²) in [7, 11) is 0. The van der Waals surface area contributed by atoms with Gasteiger partial charge >= 0.3 is 0 Å². The van der Waals surface area contributed by atoms with Gasteiger partial charge in [0.2, 0.25) is 0 Å². The van der Waals surface area contributed by atoms with Gasteiger partial charge in [-0.3, -0.25) is 0 Å². The fraction of sp³-hybridized carbons (Fsp3) is 0.400. The lowest BCUT2D eigenvalue weighted by Crippen LogP contribution is -2.04. The lowest BCUT2D eigenvalue weighted by Gasteiger charge is -2.15. The van der Waals surface area contributed by atoms with E-state index in [1.165, 1.54) is 11.1 Å². The molecule has 0 spiro atoms. The molecular formula is C20H26ClNO2. The van der Waals surface area contributed by atoms with Crippen molar-refractivity contribution in [1.29, 1.82) is 0 Å². The van der Waals surface area contributed by atoms with Crippen molar-refractivity contribution in [3.63, 3.8) is 0 Å². The van der Waals surface area contributed by atoms with Gasteiger partial charge in [-0.05, 0) is 62.1 Å². The van der Waals surface area contributed by atoms with Gasteiger partial charge in [-0.15, -0.1) is 0 Å². The summed E-state index contributed by atoms with van der Waals surface area (Å²) < 4.78 is 11.4. The van der Waals surface area contributed by atoms with E-state index in [9.17, 15) is 0 Å². The zero-order valence-corrected chi connectivity index (χ0v) is 15.7. The standard InChI is InChI=1S/C20H26ClNO2/c1-5-9-24-20-12-18(21)16(11-19(20)23-6-2)13-22-17-8-7-14(3)15(4)10-17/h7-8,10-12,22H,5-6,9,13H2,1-4H3. The van der Waals surface area contributed by atoms with Gasteiger partial charge in [0, 0.05) is 23.3 Å². The molecule has 1 N–H and O–H groups in total. The molecule has 0 fully saturated rings. The van der Waals surface area contributed by atoms with Crippen LogP contribution in [0.2, 0.25) is 5.02 Å². The first-order valence-corrected chi connectivity index (χ1v) is 8.82. The van der Waals surface area contributed by atoms with Crippen molar-refractivity contribution in [2.24, 2.45) is 0 Å². The number of anilines is 1. The molecule has 0 atom stereocenters. The Hall–Kier alpha value is -1.87. The van der Waals surface area contributed by atoms with Crippen LogP contribution < -0.4 is 14.8 Å². The first-order valence-electron chi connectivity index (χ1n) is 8.44. The summed E-state index contributed by atoms with van der Waals surface area (Å²) in [6.07, 6.45) is 0.944. The summed E-state index contributed by atoms with van der Waals surface area (Å²) in [6, 6.07) is 10.2. The molecule has 2 rings (SSSR count). The van der Waals surface area contributed by atoms with Gasteiger partial charge in [-0.25, -0.2) is 0 Å². The van der Waals surface area contributed by atoms with E-state index in [1.807, 2.05) is 19.1 Å². The molecule has 0 amide bonds. The van der Waals surface area contributed by atoms with Crippen LogP contribution in [0.4, 0.5) is 5.69 Å². The molecule has 0 heterocycles. The lowest BCUT2D eigenvalue weighted by atomic mass is 10.1. The van der Waals surface area contributed by atoms with Gasteiger partial charge in [-0.2, -0.15) is 0 Å². The molecule has 4 heteroatoms. The van der Waals surface area contributed by atoms with Crippen molar-refractivity contribution in [2.75, 3.05) is 18.5 Å². The second-order valence-electron chi connectivity index (χ2n) is 5.82. The number of aryl methyl sites for hydroxylation is 2. The highest BCUT2D eigenvalue weighted by Crippen LogP contribution is 2.34. The molecule has 0 aliphatic rings. The minimum Gasteiger partial charge on any atom is -0.490 e. The number of hydrogen-bond donors (Lipinski definition) is 1. The molecule has 0 aliphatic heterocycles. The topological polar surface area (TPSA) is 30.5 Å². The second kappa shape index (κ2) is 8.84. The predicted octanol–water partition coefficient (Wildman–Crippen LogP) is 5.76. The summed E-state index contributed by atoms with van der Waals surface area (Å²) in [5, 5.41) is 4.10. The number of halogens is 1. The second-order valence-corrected chi connectivity index (χ2v) is 6.23. The Kier molecular flexibility index (Phi) is 6.80. The average Bonchev–Trinajstić information content (AvgIpc) is 2.56. The monoisotopic (exact) mass is 347 g/mol. The molecule has 0 aliphatic carbocycles. The van der Waals surface area contributed by atoms with Crippen molar-refractivity contribution in [3.05, 3.63) is 52.0 Å². The first kappa shape index (κ1) is 18.5. The highest BCUT2D eigenvalue weighted by molar-refractivity contribution is 6.31. The van der Waals surface area contributed by atoms with E-state index in [0.717, 1.165) is 23.4 Å². The van der Waals surface area contributed by atoms with E-state index in [2.05, 4.69) is 44.3 Å². The molecular weight excluding hydrogens is 322 g/mol. The molecule has 0 saturated heterocycles. The minimum atomic E-state index is 0.591. The van der Waals surface area contributed by atoms with E-state index in [4.69, 9.17) is 21.1 Å². The smallest absolute Gasteiger partial charge is 0.162 e. The summed E-state index contributed by atoms with van der Waals surface area (Å²) in [6.45, 7) is 10.1. The van der Waals surface area contributed by atoms with Crippen molar-refractivity contribution in [3.8, 4) is 11.5 Å². The van der Waals surface area contributed by atoms with E-state index >= 15 is 0 Å². The predicted molar refractivity (Wildman–Crippen MR) is 102 cm³/mol. The lowest BCUT2D eigenvalue weighted by molar-refractivity contribution is 0.276. The maximum absolute atomic E-state index is 6.43. The van der Waals surface area contributed by atoms with Crippen molar-refractivity contribution < 1.29 is 9.47 Å². The number of benzene rings is 2. The third-order valence-electron chi connectivity index (χ3n) is 3.86. The molecule has 24 heavy (non-hydrogen) atoms. The molecule has 0 aromatic heterocycles. The SMILES string of the molecule is CCCOc1cc(Cl)c(CNc2ccc(C)c(C)c2)cc1OCC. The molecule has 0 radical (unpaired) electrons. The Labute approximate surface area is 149 Å². The van der Waals surface area contributed by atoms with Crippen LogP contribution in [-0.2, 0) is 6.54 Å². The number of rotatable bonds is 8. The third kappa shape index (κ3) is 4.81. The van der Waals surface area contributed by atoms with Gasteiger partial charge in [0.05, 0.1) is 13.2 Å². The van der Waals surface area contributed by atoms with Crippen LogP contribution in [0.5, 0.6) is 11.5 Å². The zero-order chi connectivity index (χ0) is 17.5. The highest BCUT2D eigenvalue weighted by Gasteiger charge is 2.11. The van der Waals surface area contributed by atoms with Gasteiger partial charge in [0.1, 0.15) is 0 Å². The first-order chi connectivity index (χ1) is 11.5. The van der Waals surface area contributed by atoms with Gasteiger partial charge in [-0.1, -0.05) is 24.6 Å². The van der Waals surface area contributed by atoms with Gasteiger partial charge in [0.15, 0.2) is 11.5 Å². The fourth-order valence-corrected chi connectivity index (χ4v) is 2.57. The fourth-order valence-electron chi connectivity index (χ4n) is 2.35. The van der Waals surface area contributed by atoms with Crippen LogP contribution >= 0.6 is 11.6 Å². The third-order valence-corrected chi connectivity index (χ3v) is 4.22. The van der Waals surface area contributed by atoms with Crippen LogP contribution in [0.1, 0.15) is 37.0 Å². The van der Waals surface area contributed by atoms with Crippen LogP contribution in [0.3, 0.4) is 0 Å². The molecule has 3 nitrogen and oxygen atoms in total. The average molecular weight is 348 g/mol. The maximum atomic E-state index is 6.43. The highest BCUT2D eigenvalue weighted by atomic mass is 35.5. The van der Waals surface area contributed by atoms with Crippen molar-refractivity contribution >= 4 is 17.3 Å². The Morgan fingerprint density at radius 1 is 0.958 bits per heavy atom. The van der Waals surface area contributed by atoms with Crippen LogP contribution in [0, 0.1) is 13.8 Å². The Bertz CT molecular complexity index is 686. The van der Waals surface area contributed by atoms with Crippen molar-refractivity contribution in [1.82, 2.24) is 0 Å². The molecule has 0 unspecified atom stereocenters. The normalized spacial score (nSPS) is 10.5. The van der Waals surface area contributed by atoms with Crippen LogP contribution in [0.15, 0.2) is 30.3 Å². The van der Waals surface area contributed by atoms with Gasteiger partial charge < -0.3 is 14.8 Å². The number of nitrogens with one attached hydrogen (secondary N) is 1. The van der Waals surface area contributed by atoms with E-state index in [1.54, 1.807) is 0 Å². The number of hydrogen-bond acceptors (Lipinski definition) is 3. The number of ether oxygens (including phenoxy) is 2. The molecule has 0 bridgehead atoms. The summed E-state index contributed by atoms with van der Waals surface area (Å²) >= 11 is 6.43. The quantitative estimate of drug-likeness (QED) is 0.658. The largest absolute Gasteiger partial charge is 0.490 e. The summed E-state index contributed by atoms with van der Waals surface area (Å²) in [5.74, 6) is 1.45. The Balaban J connectivity index is 2.16. The zero-order valence-electron chi connectivity index (χ0n) is 14.9. The summed E-state index contributed by atoms with van der Waals surface area (Å²) in [4.78, 5) is 0. The van der Waals surface area contributed by atoms with E-state index < -0.39 is 0 Å². The molecule has 130 valence electrons.